The van der Waals surface area contributed by atoms with Crippen molar-refractivity contribution in [3.05, 3.63) is 72.3 Å². The Labute approximate surface area is 172 Å². The second-order valence-electron chi connectivity index (χ2n) is 7.13. The van der Waals surface area contributed by atoms with Crippen molar-refractivity contribution in [3.63, 3.8) is 0 Å². The SMILES string of the molecule is CSc1ccc2nc(C3CCCN3C(=O)c3ccccc3-n3cccn3)[nH]c2c1. The van der Waals surface area contributed by atoms with Gasteiger partial charge >= 0.3 is 0 Å². The molecule has 1 aliphatic heterocycles. The third kappa shape index (κ3) is 3.21. The number of nitrogens with zero attached hydrogens (tertiary/aromatic N) is 4. The molecule has 1 saturated heterocycles. The summed E-state index contributed by atoms with van der Waals surface area (Å²) in [5, 5.41) is 4.30. The first-order valence-electron chi connectivity index (χ1n) is 9.68. The first-order chi connectivity index (χ1) is 14.2. The number of likely N-dealkylation sites (tertiary alicyclic amines) is 1. The van der Waals surface area contributed by atoms with Crippen LogP contribution in [0.3, 0.4) is 0 Å². The van der Waals surface area contributed by atoms with Gasteiger partial charge in [0.2, 0.25) is 0 Å². The third-order valence-electron chi connectivity index (χ3n) is 5.42. The van der Waals surface area contributed by atoms with Crippen molar-refractivity contribution >= 4 is 28.7 Å². The van der Waals surface area contributed by atoms with Gasteiger partial charge in [0, 0.05) is 23.8 Å². The third-order valence-corrected chi connectivity index (χ3v) is 6.15. The minimum absolute atomic E-state index is 0.0175. The number of hydrogen-bond donors (Lipinski definition) is 1. The fraction of sp³-hybridized carbons (Fsp3) is 0.227. The van der Waals surface area contributed by atoms with E-state index < -0.39 is 0 Å². The Bertz CT molecular complexity index is 1170. The molecule has 1 aliphatic rings. The summed E-state index contributed by atoms with van der Waals surface area (Å²) in [7, 11) is 0. The summed E-state index contributed by atoms with van der Waals surface area (Å²) in [6, 6.07) is 15.7. The highest BCUT2D eigenvalue weighted by Gasteiger charge is 2.33. The van der Waals surface area contributed by atoms with E-state index in [1.807, 2.05) is 47.5 Å². The summed E-state index contributed by atoms with van der Waals surface area (Å²) in [5.74, 6) is 0.879. The van der Waals surface area contributed by atoms with Gasteiger partial charge in [-0.15, -0.1) is 11.8 Å². The van der Waals surface area contributed by atoms with Crippen molar-refractivity contribution in [2.45, 2.75) is 23.8 Å². The van der Waals surface area contributed by atoms with Crippen LogP contribution >= 0.6 is 11.8 Å². The highest BCUT2D eigenvalue weighted by Crippen LogP contribution is 2.34. The summed E-state index contributed by atoms with van der Waals surface area (Å²) < 4.78 is 1.74. The number of para-hydroxylation sites is 1. The van der Waals surface area contributed by atoms with E-state index in [0.717, 1.165) is 41.9 Å². The van der Waals surface area contributed by atoms with Gasteiger partial charge in [0.25, 0.3) is 5.91 Å². The predicted molar refractivity (Wildman–Crippen MR) is 114 cm³/mol. The lowest BCUT2D eigenvalue weighted by Gasteiger charge is -2.24. The van der Waals surface area contributed by atoms with Gasteiger partial charge in [-0.1, -0.05) is 12.1 Å². The molecule has 2 aromatic carbocycles. The van der Waals surface area contributed by atoms with Crippen molar-refractivity contribution in [1.82, 2.24) is 24.6 Å². The number of hydrogen-bond acceptors (Lipinski definition) is 4. The largest absolute Gasteiger partial charge is 0.340 e. The van der Waals surface area contributed by atoms with Crippen LogP contribution in [0.1, 0.15) is 35.1 Å². The maximum Gasteiger partial charge on any atom is 0.256 e. The number of thioether (sulfide) groups is 1. The molecule has 5 rings (SSSR count). The molecule has 2 aromatic heterocycles. The molecule has 1 amide bonds. The second-order valence-corrected chi connectivity index (χ2v) is 8.01. The normalized spacial score (nSPS) is 16.6. The minimum Gasteiger partial charge on any atom is -0.340 e. The first kappa shape index (κ1) is 18.0. The molecule has 1 N–H and O–H groups in total. The van der Waals surface area contributed by atoms with Crippen LogP contribution in [0.4, 0.5) is 0 Å². The van der Waals surface area contributed by atoms with E-state index >= 15 is 0 Å². The topological polar surface area (TPSA) is 66.8 Å². The number of aromatic amines is 1. The molecule has 7 heteroatoms. The molecule has 0 radical (unpaired) electrons. The number of H-pyrrole nitrogens is 1. The van der Waals surface area contributed by atoms with E-state index in [1.165, 1.54) is 4.90 Å². The maximum absolute atomic E-state index is 13.5. The standard InChI is InChI=1S/C22H21N5OS/c1-29-15-9-10-17-18(14-15)25-21(24-17)20-8-4-12-26(20)22(28)16-6-2-3-7-19(16)27-13-5-11-23-27/h2-3,5-7,9-11,13-14,20H,4,8,12H2,1H3,(H,24,25). The van der Waals surface area contributed by atoms with Crippen molar-refractivity contribution in [3.8, 4) is 5.69 Å². The monoisotopic (exact) mass is 403 g/mol. The number of amides is 1. The van der Waals surface area contributed by atoms with Crippen LogP contribution in [0.2, 0.25) is 0 Å². The van der Waals surface area contributed by atoms with E-state index in [1.54, 1.807) is 22.6 Å². The summed E-state index contributed by atoms with van der Waals surface area (Å²) in [6.45, 7) is 0.726. The lowest BCUT2D eigenvalue weighted by molar-refractivity contribution is 0.0730. The molecule has 6 nitrogen and oxygen atoms in total. The van der Waals surface area contributed by atoms with Crippen molar-refractivity contribution in [1.29, 1.82) is 0 Å². The molecule has 0 saturated carbocycles. The van der Waals surface area contributed by atoms with Crippen LogP contribution in [0.5, 0.6) is 0 Å². The molecule has 0 aliphatic carbocycles. The van der Waals surface area contributed by atoms with Crippen molar-refractivity contribution in [2.24, 2.45) is 0 Å². The van der Waals surface area contributed by atoms with Gasteiger partial charge in [-0.25, -0.2) is 9.67 Å². The highest BCUT2D eigenvalue weighted by molar-refractivity contribution is 7.98. The Morgan fingerprint density at radius 2 is 2.10 bits per heavy atom. The number of nitrogens with one attached hydrogen (secondary N) is 1. The Hall–Kier alpha value is -3.06. The summed E-state index contributed by atoms with van der Waals surface area (Å²) in [6.07, 6.45) is 7.51. The number of aromatic nitrogens is 4. The number of fused-ring (bicyclic) bond motifs is 1. The quantitative estimate of drug-likeness (QED) is 0.511. The molecular weight excluding hydrogens is 382 g/mol. The van der Waals surface area contributed by atoms with Gasteiger partial charge in [-0.2, -0.15) is 5.10 Å². The Kier molecular flexibility index (Phi) is 4.60. The number of carbonyl (C=O) groups is 1. The number of rotatable bonds is 4. The van der Waals surface area contributed by atoms with Crippen LogP contribution < -0.4 is 0 Å². The van der Waals surface area contributed by atoms with Gasteiger partial charge < -0.3 is 9.88 Å². The summed E-state index contributed by atoms with van der Waals surface area (Å²) in [5.41, 5.74) is 3.41. The highest BCUT2D eigenvalue weighted by atomic mass is 32.2. The first-order valence-corrected chi connectivity index (χ1v) is 10.9. The molecule has 146 valence electrons. The van der Waals surface area contributed by atoms with Crippen molar-refractivity contribution < 1.29 is 4.79 Å². The molecule has 1 atom stereocenters. The fourth-order valence-corrected chi connectivity index (χ4v) is 4.45. The molecule has 29 heavy (non-hydrogen) atoms. The van der Waals surface area contributed by atoms with Gasteiger partial charge in [0.05, 0.1) is 28.3 Å². The molecule has 0 spiro atoms. The average molecular weight is 404 g/mol. The molecule has 1 fully saturated rings. The molecule has 0 bridgehead atoms. The van der Waals surface area contributed by atoms with Gasteiger partial charge in [-0.05, 0) is 55.5 Å². The zero-order chi connectivity index (χ0) is 19.8. The van der Waals surface area contributed by atoms with Crippen LogP contribution in [0.15, 0.2) is 65.8 Å². The predicted octanol–water partition coefficient (Wildman–Crippen LogP) is 4.45. The van der Waals surface area contributed by atoms with E-state index in [-0.39, 0.29) is 11.9 Å². The Balaban J connectivity index is 1.50. The fourth-order valence-electron chi connectivity index (χ4n) is 4.01. The van der Waals surface area contributed by atoms with Crippen LogP contribution in [-0.2, 0) is 0 Å². The average Bonchev–Trinajstić information content (AvgIpc) is 3.52. The van der Waals surface area contributed by atoms with E-state index in [4.69, 9.17) is 4.98 Å². The number of benzene rings is 2. The zero-order valence-electron chi connectivity index (χ0n) is 16.1. The van der Waals surface area contributed by atoms with Gasteiger partial charge in [0.15, 0.2) is 0 Å². The number of carbonyl (C=O) groups excluding carboxylic acids is 1. The number of imidazole rings is 1. The van der Waals surface area contributed by atoms with E-state index in [0.29, 0.717) is 5.56 Å². The zero-order valence-corrected chi connectivity index (χ0v) is 16.9. The van der Waals surface area contributed by atoms with E-state index in [2.05, 4.69) is 28.5 Å². The van der Waals surface area contributed by atoms with Crippen molar-refractivity contribution in [2.75, 3.05) is 12.8 Å². The smallest absolute Gasteiger partial charge is 0.256 e. The molecule has 3 heterocycles. The molecular formula is C22H21N5OS. The Morgan fingerprint density at radius 1 is 1.21 bits per heavy atom. The van der Waals surface area contributed by atoms with E-state index in [9.17, 15) is 4.79 Å². The van der Waals surface area contributed by atoms with Gasteiger partial charge in [0.1, 0.15) is 5.82 Å². The Morgan fingerprint density at radius 3 is 2.93 bits per heavy atom. The van der Waals surface area contributed by atoms with Crippen LogP contribution in [-0.4, -0.2) is 43.4 Å². The second kappa shape index (κ2) is 7.40. The molecule has 4 aromatic rings. The van der Waals surface area contributed by atoms with Crippen LogP contribution in [0, 0.1) is 0 Å². The summed E-state index contributed by atoms with van der Waals surface area (Å²) >= 11 is 1.71. The molecule has 1 unspecified atom stereocenters. The van der Waals surface area contributed by atoms with Gasteiger partial charge in [-0.3, -0.25) is 4.79 Å². The lowest BCUT2D eigenvalue weighted by atomic mass is 10.1. The maximum atomic E-state index is 13.5. The van der Waals surface area contributed by atoms with Crippen LogP contribution in [0.25, 0.3) is 16.7 Å². The lowest BCUT2D eigenvalue weighted by Crippen LogP contribution is -2.31. The summed E-state index contributed by atoms with van der Waals surface area (Å²) in [4.78, 5) is 24.9. The minimum atomic E-state index is -0.0432.